The maximum absolute atomic E-state index is 5.41. The largest absolute Gasteiger partial charge is 0.496 e. The maximum Gasteiger partial charge on any atom is 0.210 e. The summed E-state index contributed by atoms with van der Waals surface area (Å²) in [6, 6.07) is 8.28. The quantitative estimate of drug-likeness (QED) is 0.897. The highest BCUT2D eigenvalue weighted by Gasteiger charge is 2.24. The molecule has 0 saturated heterocycles. The number of nitrogens with zero attached hydrogens (tertiary/aromatic N) is 3. The van der Waals surface area contributed by atoms with Crippen molar-refractivity contribution in [3.8, 4) is 5.75 Å². The SMILES string of the molecule is COc1ccccc1[C@@H]1CSc2nnc(C)n2N1. The summed E-state index contributed by atoms with van der Waals surface area (Å²) in [4.78, 5) is 0. The van der Waals surface area contributed by atoms with Crippen LogP contribution in [0.1, 0.15) is 17.4 Å². The zero-order valence-electron chi connectivity index (χ0n) is 10.3. The molecule has 0 saturated carbocycles. The second kappa shape index (κ2) is 4.53. The third-order valence-corrected chi connectivity index (χ3v) is 4.00. The molecule has 6 heteroatoms. The highest BCUT2D eigenvalue weighted by atomic mass is 32.2. The number of fused-ring (bicyclic) bond motifs is 1. The Bertz CT molecular complexity index is 569. The van der Waals surface area contributed by atoms with Gasteiger partial charge in [0.1, 0.15) is 11.6 Å². The van der Waals surface area contributed by atoms with Crippen molar-refractivity contribution >= 4 is 11.8 Å². The van der Waals surface area contributed by atoms with E-state index in [-0.39, 0.29) is 6.04 Å². The number of ether oxygens (including phenoxy) is 1. The minimum Gasteiger partial charge on any atom is -0.496 e. The number of aryl methyl sites for hydroxylation is 1. The molecule has 1 aliphatic heterocycles. The van der Waals surface area contributed by atoms with Gasteiger partial charge in [0, 0.05) is 11.3 Å². The van der Waals surface area contributed by atoms with Gasteiger partial charge in [-0.3, -0.25) is 0 Å². The van der Waals surface area contributed by atoms with Gasteiger partial charge in [0.15, 0.2) is 0 Å². The molecule has 2 aromatic rings. The Balaban J connectivity index is 1.94. The van der Waals surface area contributed by atoms with Crippen molar-refractivity contribution in [1.82, 2.24) is 14.9 Å². The third kappa shape index (κ3) is 1.82. The van der Waals surface area contributed by atoms with E-state index in [0.29, 0.717) is 0 Å². The van der Waals surface area contributed by atoms with Gasteiger partial charge in [-0.25, -0.2) is 4.68 Å². The van der Waals surface area contributed by atoms with Gasteiger partial charge < -0.3 is 10.2 Å². The van der Waals surface area contributed by atoms with Gasteiger partial charge >= 0.3 is 0 Å². The number of para-hydroxylation sites is 1. The summed E-state index contributed by atoms with van der Waals surface area (Å²) < 4.78 is 7.34. The van der Waals surface area contributed by atoms with Crippen molar-refractivity contribution in [3.63, 3.8) is 0 Å². The van der Waals surface area contributed by atoms with E-state index >= 15 is 0 Å². The van der Waals surface area contributed by atoms with E-state index in [1.54, 1.807) is 18.9 Å². The molecule has 0 unspecified atom stereocenters. The van der Waals surface area contributed by atoms with Crippen molar-refractivity contribution < 1.29 is 4.74 Å². The fourth-order valence-electron chi connectivity index (χ4n) is 2.05. The first-order valence-electron chi connectivity index (χ1n) is 5.74. The molecular weight excluding hydrogens is 248 g/mol. The molecule has 0 aliphatic carbocycles. The number of nitrogens with one attached hydrogen (secondary N) is 1. The minimum absolute atomic E-state index is 0.202. The van der Waals surface area contributed by atoms with Gasteiger partial charge in [0.25, 0.3) is 0 Å². The number of thioether (sulfide) groups is 1. The Morgan fingerprint density at radius 1 is 1.39 bits per heavy atom. The standard InChI is InChI=1S/C12H14N4OS/c1-8-13-14-12-16(8)15-10(7-18-12)9-5-3-4-6-11(9)17-2/h3-6,10,15H,7H2,1-2H3/t10-/m0/s1. The molecule has 0 bridgehead atoms. The minimum atomic E-state index is 0.202. The average Bonchev–Trinajstić information content (AvgIpc) is 2.80. The zero-order chi connectivity index (χ0) is 12.5. The molecule has 0 fully saturated rings. The summed E-state index contributed by atoms with van der Waals surface area (Å²) in [5, 5.41) is 9.09. The first kappa shape index (κ1) is 11.4. The van der Waals surface area contributed by atoms with Gasteiger partial charge in [0.2, 0.25) is 5.16 Å². The number of benzene rings is 1. The fourth-order valence-corrected chi connectivity index (χ4v) is 3.03. The molecule has 1 aromatic carbocycles. The molecule has 0 amide bonds. The lowest BCUT2D eigenvalue weighted by molar-refractivity contribution is 0.406. The number of hydrogen-bond donors (Lipinski definition) is 1. The Kier molecular flexibility index (Phi) is 2.87. The predicted octanol–water partition coefficient (Wildman–Crippen LogP) is 1.99. The van der Waals surface area contributed by atoms with Gasteiger partial charge in [0.05, 0.1) is 13.2 Å². The number of aromatic nitrogens is 3. The zero-order valence-corrected chi connectivity index (χ0v) is 11.1. The van der Waals surface area contributed by atoms with Crippen LogP contribution in [0.15, 0.2) is 29.4 Å². The average molecular weight is 262 g/mol. The summed E-state index contributed by atoms with van der Waals surface area (Å²) in [6.45, 7) is 1.94. The lowest BCUT2D eigenvalue weighted by Crippen LogP contribution is -2.28. The van der Waals surface area contributed by atoms with E-state index in [0.717, 1.165) is 28.0 Å². The lowest BCUT2D eigenvalue weighted by atomic mass is 10.1. The van der Waals surface area contributed by atoms with Crippen LogP contribution in [0.2, 0.25) is 0 Å². The Hall–Kier alpha value is -1.69. The molecule has 0 radical (unpaired) electrons. The van der Waals surface area contributed by atoms with Crippen LogP contribution < -0.4 is 10.2 Å². The van der Waals surface area contributed by atoms with Gasteiger partial charge in [-0.05, 0) is 13.0 Å². The third-order valence-electron chi connectivity index (χ3n) is 2.97. The van der Waals surface area contributed by atoms with E-state index in [4.69, 9.17) is 4.74 Å². The lowest BCUT2D eigenvalue weighted by Gasteiger charge is -2.27. The van der Waals surface area contributed by atoms with Crippen LogP contribution in [-0.4, -0.2) is 27.7 Å². The summed E-state index contributed by atoms with van der Waals surface area (Å²) in [5.74, 6) is 2.69. The summed E-state index contributed by atoms with van der Waals surface area (Å²) in [7, 11) is 1.70. The summed E-state index contributed by atoms with van der Waals surface area (Å²) in [6.07, 6.45) is 0. The molecular formula is C12H14N4OS. The molecule has 1 aliphatic rings. The second-order valence-corrected chi connectivity index (χ2v) is 5.09. The van der Waals surface area contributed by atoms with E-state index < -0.39 is 0 Å². The highest BCUT2D eigenvalue weighted by Crippen LogP contribution is 2.33. The molecule has 94 valence electrons. The summed E-state index contributed by atoms with van der Waals surface area (Å²) >= 11 is 1.70. The summed E-state index contributed by atoms with van der Waals surface area (Å²) in [5.41, 5.74) is 4.59. The number of hydrogen-bond acceptors (Lipinski definition) is 5. The van der Waals surface area contributed by atoms with E-state index in [9.17, 15) is 0 Å². The second-order valence-electron chi connectivity index (χ2n) is 4.10. The van der Waals surface area contributed by atoms with Crippen LogP contribution in [0, 0.1) is 6.92 Å². The van der Waals surface area contributed by atoms with Crippen molar-refractivity contribution in [2.24, 2.45) is 0 Å². The Labute approximate surface area is 110 Å². The maximum atomic E-state index is 5.41. The van der Waals surface area contributed by atoms with Crippen LogP contribution in [0.3, 0.4) is 0 Å². The Morgan fingerprint density at radius 3 is 3.06 bits per heavy atom. The molecule has 2 heterocycles. The van der Waals surface area contributed by atoms with Gasteiger partial charge in [-0.1, -0.05) is 30.0 Å². The van der Waals surface area contributed by atoms with Crippen molar-refractivity contribution in [1.29, 1.82) is 0 Å². The van der Waals surface area contributed by atoms with Gasteiger partial charge in [-0.15, -0.1) is 10.2 Å². The molecule has 1 N–H and O–H groups in total. The van der Waals surface area contributed by atoms with Crippen LogP contribution in [0.4, 0.5) is 0 Å². The molecule has 18 heavy (non-hydrogen) atoms. The smallest absolute Gasteiger partial charge is 0.210 e. The van der Waals surface area contributed by atoms with E-state index in [1.807, 2.05) is 29.8 Å². The van der Waals surface area contributed by atoms with E-state index in [1.165, 1.54) is 0 Å². The van der Waals surface area contributed by atoms with Crippen molar-refractivity contribution in [2.75, 3.05) is 18.3 Å². The first-order chi connectivity index (χ1) is 8.79. The van der Waals surface area contributed by atoms with Crippen LogP contribution in [0.5, 0.6) is 5.75 Å². The molecule has 1 aromatic heterocycles. The van der Waals surface area contributed by atoms with Gasteiger partial charge in [-0.2, -0.15) is 0 Å². The number of rotatable bonds is 2. The van der Waals surface area contributed by atoms with Crippen LogP contribution in [0.25, 0.3) is 0 Å². The molecule has 1 atom stereocenters. The fraction of sp³-hybridized carbons (Fsp3) is 0.333. The first-order valence-corrected chi connectivity index (χ1v) is 6.72. The van der Waals surface area contributed by atoms with Crippen LogP contribution in [-0.2, 0) is 0 Å². The topological polar surface area (TPSA) is 52.0 Å². The molecule has 0 spiro atoms. The van der Waals surface area contributed by atoms with Crippen molar-refractivity contribution in [2.45, 2.75) is 18.1 Å². The predicted molar refractivity (Wildman–Crippen MR) is 70.6 cm³/mol. The highest BCUT2D eigenvalue weighted by molar-refractivity contribution is 7.99. The van der Waals surface area contributed by atoms with Crippen LogP contribution >= 0.6 is 11.8 Å². The monoisotopic (exact) mass is 262 g/mol. The Morgan fingerprint density at radius 2 is 2.22 bits per heavy atom. The molecule has 3 rings (SSSR count). The normalized spacial score (nSPS) is 18.0. The van der Waals surface area contributed by atoms with E-state index in [2.05, 4.69) is 21.7 Å². The van der Waals surface area contributed by atoms with Crippen molar-refractivity contribution in [3.05, 3.63) is 35.7 Å². The molecule has 5 nitrogen and oxygen atoms in total. The number of methoxy groups -OCH3 is 1.